The number of hydrogen-bond donors (Lipinski definition) is 3. The molecular formula is C12H10N4O. The average molecular weight is 226 g/mol. The van der Waals surface area contributed by atoms with Gasteiger partial charge in [-0.2, -0.15) is 0 Å². The fourth-order valence-corrected chi connectivity index (χ4v) is 1.61. The molecule has 1 aromatic heterocycles. The number of benzene rings is 1. The summed E-state index contributed by atoms with van der Waals surface area (Å²) in [5.74, 6) is 0.936. The fourth-order valence-electron chi connectivity index (χ4n) is 1.61. The van der Waals surface area contributed by atoms with Crippen LogP contribution >= 0.6 is 0 Å². The summed E-state index contributed by atoms with van der Waals surface area (Å²) in [7, 11) is 0. The molecule has 0 atom stereocenters. The zero-order chi connectivity index (χ0) is 11.7. The number of phenols is 1. The highest BCUT2D eigenvalue weighted by Crippen LogP contribution is 2.25. The van der Waals surface area contributed by atoms with E-state index in [2.05, 4.69) is 20.8 Å². The summed E-state index contributed by atoms with van der Waals surface area (Å²) in [5, 5.41) is 9.23. The van der Waals surface area contributed by atoms with Crippen molar-refractivity contribution in [2.75, 3.05) is 5.43 Å². The van der Waals surface area contributed by atoms with E-state index < -0.39 is 0 Å². The van der Waals surface area contributed by atoms with Gasteiger partial charge in [-0.05, 0) is 30.3 Å². The van der Waals surface area contributed by atoms with Crippen LogP contribution in [0, 0.1) is 0 Å². The quantitative estimate of drug-likeness (QED) is 0.693. The van der Waals surface area contributed by atoms with Gasteiger partial charge in [-0.25, -0.2) is 4.99 Å². The van der Waals surface area contributed by atoms with Gasteiger partial charge in [-0.3, -0.25) is 15.8 Å². The van der Waals surface area contributed by atoms with E-state index in [4.69, 9.17) is 0 Å². The Hall–Kier alpha value is -2.56. The highest BCUT2D eigenvalue weighted by atomic mass is 16.3. The van der Waals surface area contributed by atoms with E-state index in [1.165, 1.54) is 0 Å². The van der Waals surface area contributed by atoms with Crippen LogP contribution in [-0.4, -0.2) is 15.9 Å². The Morgan fingerprint density at radius 1 is 1.00 bits per heavy atom. The molecule has 2 aromatic rings. The minimum absolute atomic E-state index is 0.236. The Balaban J connectivity index is 2.01. The van der Waals surface area contributed by atoms with E-state index in [0.29, 0.717) is 5.84 Å². The first-order chi connectivity index (χ1) is 8.33. The number of hydrazine groups is 1. The zero-order valence-electron chi connectivity index (χ0n) is 8.88. The molecule has 0 radical (unpaired) electrons. The second-order valence-electron chi connectivity index (χ2n) is 3.65. The molecule has 2 heterocycles. The van der Waals surface area contributed by atoms with Gasteiger partial charge in [-0.1, -0.05) is 0 Å². The molecular weight excluding hydrogens is 216 g/mol. The summed E-state index contributed by atoms with van der Waals surface area (Å²) in [6.45, 7) is 0. The van der Waals surface area contributed by atoms with Crippen molar-refractivity contribution in [1.82, 2.24) is 10.4 Å². The molecule has 0 unspecified atom stereocenters. The van der Waals surface area contributed by atoms with Gasteiger partial charge in [-0.15, -0.1) is 0 Å². The number of anilines is 1. The van der Waals surface area contributed by atoms with Gasteiger partial charge >= 0.3 is 0 Å². The Morgan fingerprint density at radius 2 is 1.82 bits per heavy atom. The number of hydrogen-bond acceptors (Lipinski definition) is 5. The molecule has 0 bridgehead atoms. The van der Waals surface area contributed by atoms with Gasteiger partial charge in [0.2, 0.25) is 0 Å². The number of aromatic hydroxyl groups is 1. The summed E-state index contributed by atoms with van der Waals surface area (Å²) in [6, 6.07) is 8.68. The molecule has 0 saturated carbocycles. The van der Waals surface area contributed by atoms with Crippen molar-refractivity contribution in [3.63, 3.8) is 0 Å². The molecule has 3 rings (SSSR count). The maximum absolute atomic E-state index is 9.23. The molecule has 5 heteroatoms. The van der Waals surface area contributed by atoms with E-state index in [1.807, 2.05) is 6.07 Å². The maximum atomic E-state index is 9.23. The van der Waals surface area contributed by atoms with E-state index in [0.717, 1.165) is 16.9 Å². The first kappa shape index (κ1) is 9.65. The van der Waals surface area contributed by atoms with Crippen molar-refractivity contribution < 1.29 is 5.11 Å². The average Bonchev–Trinajstić information content (AvgIpc) is 2.39. The van der Waals surface area contributed by atoms with Crippen LogP contribution in [0.5, 0.6) is 5.75 Å². The largest absolute Gasteiger partial charge is 0.508 e. The van der Waals surface area contributed by atoms with Crippen LogP contribution < -0.4 is 10.9 Å². The van der Waals surface area contributed by atoms with Gasteiger partial charge in [0.25, 0.3) is 0 Å². The van der Waals surface area contributed by atoms with Gasteiger partial charge in [0.1, 0.15) is 11.4 Å². The maximum Gasteiger partial charge on any atom is 0.152 e. The topological polar surface area (TPSA) is 69.5 Å². The summed E-state index contributed by atoms with van der Waals surface area (Å²) in [4.78, 5) is 8.47. The van der Waals surface area contributed by atoms with Crippen molar-refractivity contribution in [2.24, 2.45) is 4.99 Å². The molecule has 5 nitrogen and oxygen atoms in total. The highest BCUT2D eigenvalue weighted by Gasteiger charge is 2.11. The minimum Gasteiger partial charge on any atom is -0.508 e. The van der Waals surface area contributed by atoms with E-state index >= 15 is 0 Å². The summed E-state index contributed by atoms with van der Waals surface area (Å²) < 4.78 is 0. The first-order valence-corrected chi connectivity index (χ1v) is 5.17. The SMILES string of the molecule is Oc1ccc(C2=Nc3cnccc3NN2)cc1. The number of phenolic OH excluding ortho intramolecular Hbond substituents is 1. The smallest absolute Gasteiger partial charge is 0.152 e. The molecule has 0 fully saturated rings. The van der Waals surface area contributed by atoms with Gasteiger partial charge in [0.15, 0.2) is 5.84 Å². The van der Waals surface area contributed by atoms with Crippen LogP contribution in [0.25, 0.3) is 0 Å². The molecule has 17 heavy (non-hydrogen) atoms. The predicted octanol–water partition coefficient (Wildman–Crippen LogP) is 1.80. The minimum atomic E-state index is 0.236. The van der Waals surface area contributed by atoms with Crippen molar-refractivity contribution in [3.05, 3.63) is 48.3 Å². The van der Waals surface area contributed by atoms with Crippen LogP contribution in [0.4, 0.5) is 11.4 Å². The van der Waals surface area contributed by atoms with Crippen molar-refractivity contribution in [2.45, 2.75) is 0 Å². The number of aromatic nitrogens is 1. The van der Waals surface area contributed by atoms with Crippen LogP contribution in [0.3, 0.4) is 0 Å². The summed E-state index contributed by atoms with van der Waals surface area (Å²) in [5.41, 5.74) is 8.62. The van der Waals surface area contributed by atoms with Crippen LogP contribution in [0.1, 0.15) is 5.56 Å². The number of amidine groups is 1. The third kappa shape index (κ3) is 1.78. The standard InChI is InChI=1S/C12H10N4O/c17-9-3-1-8(2-4-9)12-14-11-7-13-6-5-10(11)15-16-12/h1-7,15,17H,(H,14,16). The lowest BCUT2D eigenvalue weighted by molar-refractivity contribution is 0.475. The van der Waals surface area contributed by atoms with Crippen molar-refractivity contribution in [1.29, 1.82) is 0 Å². The number of nitrogens with one attached hydrogen (secondary N) is 2. The van der Waals surface area contributed by atoms with Crippen molar-refractivity contribution >= 4 is 17.2 Å². The number of fused-ring (bicyclic) bond motifs is 1. The molecule has 1 aliphatic rings. The van der Waals surface area contributed by atoms with Gasteiger partial charge < -0.3 is 5.11 Å². The Bertz CT molecular complexity index is 577. The van der Waals surface area contributed by atoms with Gasteiger partial charge in [0.05, 0.1) is 11.9 Å². The van der Waals surface area contributed by atoms with Crippen LogP contribution in [0.15, 0.2) is 47.7 Å². The molecule has 0 spiro atoms. The van der Waals surface area contributed by atoms with Crippen LogP contribution in [-0.2, 0) is 0 Å². The lowest BCUT2D eigenvalue weighted by atomic mass is 10.2. The summed E-state index contributed by atoms with van der Waals surface area (Å²) in [6.07, 6.45) is 3.40. The lowest BCUT2D eigenvalue weighted by Crippen LogP contribution is -2.32. The van der Waals surface area contributed by atoms with Crippen LogP contribution in [0.2, 0.25) is 0 Å². The highest BCUT2D eigenvalue weighted by molar-refractivity contribution is 6.03. The normalized spacial score (nSPS) is 13.1. The summed E-state index contributed by atoms with van der Waals surface area (Å²) >= 11 is 0. The fraction of sp³-hybridized carbons (Fsp3) is 0. The molecule has 1 aromatic carbocycles. The molecule has 3 N–H and O–H groups in total. The molecule has 0 aliphatic carbocycles. The Morgan fingerprint density at radius 3 is 2.65 bits per heavy atom. The number of rotatable bonds is 1. The zero-order valence-corrected chi connectivity index (χ0v) is 8.88. The molecule has 1 aliphatic heterocycles. The second kappa shape index (κ2) is 3.79. The molecule has 84 valence electrons. The van der Waals surface area contributed by atoms with Gasteiger partial charge in [0, 0.05) is 11.8 Å². The predicted molar refractivity (Wildman–Crippen MR) is 65.3 cm³/mol. The Labute approximate surface area is 97.8 Å². The Kier molecular flexibility index (Phi) is 2.15. The number of aliphatic imine (C=N–C) groups is 1. The van der Waals surface area contributed by atoms with E-state index in [9.17, 15) is 5.11 Å². The lowest BCUT2D eigenvalue weighted by Gasteiger charge is -2.18. The third-order valence-electron chi connectivity index (χ3n) is 2.49. The first-order valence-electron chi connectivity index (χ1n) is 5.17. The van der Waals surface area contributed by atoms with E-state index in [-0.39, 0.29) is 5.75 Å². The van der Waals surface area contributed by atoms with E-state index in [1.54, 1.807) is 36.7 Å². The molecule has 0 amide bonds. The monoisotopic (exact) mass is 226 g/mol. The molecule has 0 saturated heterocycles. The second-order valence-corrected chi connectivity index (χ2v) is 3.65. The number of nitrogens with zero attached hydrogens (tertiary/aromatic N) is 2. The third-order valence-corrected chi connectivity index (χ3v) is 2.49. The van der Waals surface area contributed by atoms with Crippen molar-refractivity contribution in [3.8, 4) is 5.75 Å². The number of pyridine rings is 1.